The van der Waals surface area contributed by atoms with Crippen LogP contribution in [0.4, 0.5) is 16.2 Å². The highest BCUT2D eigenvalue weighted by Crippen LogP contribution is 2.26. The number of carbonyl (C=O) groups excluding carboxylic acids is 2. The molecule has 1 heterocycles. The van der Waals surface area contributed by atoms with Gasteiger partial charge in [-0.1, -0.05) is 29.8 Å². The first-order valence-corrected chi connectivity index (χ1v) is 8.74. The van der Waals surface area contributed by atoms with Crippen molar-refractivity contribution in [3.63, 3.8) is 0 Å². The monoisotopic (exact) mass is 388 g/mol. The molecule has 0 bridgehead atoms. The number of fused-ring (bicyclic) bond motifs is 1. The molecular weight excluding hydrogens is 364 g/mol. The second-order valence-corrected chi connectivity index (χ2v) is 6.48. The van der Waals surface area contributed by atoms with E-state index in [2.05, 4.69) is 16.0 Å². The Morgan fingerprint density at radius 3 is 2.52 bits per heavy atom. The van der Waals surface area contributed by atoms with Gasteiger partial charge in [-0.3, -0.25) is 4.79 Å². The topological polar surface area (TPSA) is 73.5 Å². The number of carbonyl (C=O) groups is 2. The van der Waals surface area contributed by atoms with Crippen molar-refractivity contribution in [1.82, 2.24) is 10.2 Å². The maximum atomic E-state index is 12.3. The molecule has 1 aliphatic heterocycles. The minimum absolute atomic E-state index is 0. The van der Waals surface area contributed by atoms with Crippen molar-refractivity contribution in [1.29, 1.82) is 0 Å². The first-order chi connectivity index (χ1) is 12.6. The van der Waals surface area contributed by atoms with Gasteiger partial charge in [-0.25, -0.2) is 4.79 Å². The van der Waals surface area contributed by atoms with E-state index in [9.17, 15) is 9.59 Å². The van der Waals surface area contributed by atoms with E-state index in [4.69, 9.17) is 0 Å². The highest BCUT2D eigenvalue weighted by Gasteiger charge is 2.22. The minimum Gasteiger partial charge on any atom is -0.337 e. The molecule has 0 spiro atoms. The van der Waals surface area contributed by atoms with Crippen LogP contribution in [0.15, 0.2) is 42.5 Å². The Kier molecular flexibility index (Phi) is 7.21. The van der Waals surface area contributed by atoms with Gasteiger partial charge in [0.2, 0.25) is 5.91 Å². The Hall–Kier alpha value is -2.57. The number of urea groups is 1. The number of nitrogens with one attached hydrogen (secondary N) is 3. The van der Waals surface area contributed by atoms with Crippen molar-refractivity contribution in [3.05, 3.63) is 59.2 Å². The number of hydrogen-bond donors (Lipinski definition) is 3. The number of amides is 3. The summed E-state index contributed by atoms with van der Waals surface area (Å²) in [6.07, 6.45) is 0.728. The molecule has 0 saturated carbocycles. The van der Waals surface area contributed by atoms with Gasteiger partial charge in [0.15, 0.2) is 0 Å². The van der Waals surface area contributed by atoms with Gasteiger partial charge in [0.1, 0.15) is 0 Å². The van der Waals surface area contributed by atoms with E-state index in [0.717, 1.165) is 34.5 Å². The summed E-state index contributed by atoms with van der Waals surface area (Å²) in [7, 11) is 1.77. The number of anilines is 2. The van der Waals surface area contributed by atoms with Gasteiger partial charge in [-0.15, -0.1) is 12.4 Å². The summed E-state index contributed by atoms with van der Waals surface area (Å²) < 4.78 is 0. The minimum atomic E-state index is -0.268. The molecule has 0 aromatic heterocycles. The lowest BCUT2D eigenvalue weighted by Crippen LogP contribution is -2.40. The molecule has 144 valence electrons. The van der Waals surface area contributed by atoms with Crippen LogP contribution in [0.5, 0.6) is 0 Å². The number of aryl methyl sites for hydroxylation is 1. The van der Waals surface area contributed by atoms with Crippen LogP contribution in [0, 0.1) is 6.92 Å². The Morgan fingerprint density at radius 1 is 1.07 bits per heavy atom. The molecule has 3 rings (SSSR count). The highest BCUT2D eigenvalue weighted by atomic mass is 35.5. The molecule has 7 heteroatoms. The zero-order chi connectivity index (χ0) is 18.5. The molecule has 0 fully saturated rings. The average molecular weight is 389 g/mol. The molecule has 2 aromatic carbocycles. The number of hydrogen-bond acceptors (Lipinski definition) is 3. The zero-order valence-corrected chi connectivity index (χ0v) is 16.4. The first kappa shape index (κ1) is 20.7. The Bertz CT molecular complexity index is 808. The summed E-state index contributed by atoms with van der Waals surface area (Å²) in [5.74, 6) is 0.0913. The summed E-state index contributed by atoms with van der Waals surface area (Å²) in [6, 6.07) is 13.2. The molecule has 0 unspecified atom stereocenters. The smallest absolute Gasteiger partial charge is 0.323 e. The van der Waals surface area contributed by atoms with E-state index in [1.165, 1.54) is 0 Å². The maximum Gasteiger partial charge on any atom is 0.323 e. The molecule has 0 aliphatic carbocycles. The predicted molar refractivity (Wildman–Crippen MR) is 111 cm³/mol. The average Bonchev–Trinajstić information content (AvgIpc) is 2.63. The van der Waals surface area contributed by atoms with E-state index >= 15 is 0 Å². The van der Waals surface area contributed by atoms with Crippen LogP contribution in [-0.2, 0) is 17.8 Å². The van der Waals surface area contributed by atoms with Gasteiger partial charge in [-0.05, 0) is 49.7 Å². The third kappa shape index (κ3) is 5.21. The Balaban J connectivity index is 0.00000261. The van der Waals surface area contributed by atoms with Gasteiger partial charge in [0, 0.05) is 24.5 Å². The number of benzene rings is 2. The molecule has 2 aromatic rings. The molecule has 0 saturated heterocycles. The number of likely N-dealkylation sites (N-methyl/N-ethyl adjacent to an activating group) is 1. The zero-order valence-electron chi connectivity index (χ0n) is 15.5. The third-order valence-corrected chi connectivity index (χ3v) is 4.50. The van der Waals surface area contributed by atoms with Crippen LogP contribution in [0.3, 0.4) is 0 Å². The highest BCUT2D eigenvalue weighted by molar-refractivity contribution is 6.00. The molecule has 27 heavy (non-hydrogen) atoms. The van der Waals surface area contributed by atoms with Crippen LogP contribution >= 0.6 is 12.4 Å². The van der Waals surface area contributed by atoms with Crippen LogP contribution in [0.1, 0.15) is 16.7 Å². The Labute approximate surface area is 165 Å². The van der Waals surface area contributed by atoms with Gasteiger partial charge in [-0.2, -0.15) is 0 Å². The second-order valence-electron chi connectivity index (χ2n) is 6.48. The van der Waals surface area contributed by atoms with E-state index in [0.29, 0.717) is 19.6 Å². The van der Waals surface area contributed by atoms with Gasteiger partial charge >= 0.3 is 6.03 Å². The van der Waals surface area contributed by atoms with E-state index in [1.54, 1.807) is 7.05 Å². The lowest BCUT2D eigenvalue weighted by Gasteiger charge is -2.30. The number of rotatable bonds is 4. The standard InChI is InChI=1S/C20H24N4O2.ClH/c1-14-6-8-16(9-7-14)22-20(26)23-18-5-3-4-15-13-24(11-10-17(15)18)19(25)12-21-2;/h3-9,21H,10-13H2,1-2H3,(H2,22,23,26);1H. The van der Waals surface area contributed by atoms with Gasteiger partial charge in [0.25, 0.3) is 0 Å². The number of halogens is 1. The molecule has 0 atom stereocenters. The van der Waals surface area contributed by atoms with Crippen molar-refractivity contribution < 1.29 is 9.59 Å². The van der Waals surface area contributed by atoms with E-state index < -0.39 is 0 Å². The largest absolute Gasteiger partial charge is 0.337 e. The SMILES string of the molecule is CNCC(=O)N1CCc2c(cccc2NC(=O)Nc2ccc(C)cc2)C1.Cl. The third-order valence-electron chi connectivity index (χ3n) is 4.50. The van der Waals surface area contributed by atoms with Crippen LogP contribution < -0.4 is 16.0 Å². The van der Waals surface area contributed by atoms with E-state index in [-0.39, 0.29) is 24.3 Å². The molecule has 3 amide bonds. The second kappa shape index (κ2) is 9.39. The summed E-state index contributed by atoms with van der Waals surface area (Å²) in [5.41, 5.74) is 4.87. The van der Waals surface area contributed by atoms with E-state index in [1.807, 2.05) is 54.3 Å². The Morgan fingerprint density at radius 2 is 1.81 bits per heavy atom. The summed E-state index contributed by atoms with van der Waals surface area (Å²) in [6.45, 7) is 3.58. The summed E-state index contributed by atoms with van der Waals surface area (Å²) >= 11 is 0. The molecule has 6 nitrogen and oxygen atoms in total. The first-order valence-electron chi connectivity index (χ1n) is 8.74. The lowest BCUT2D eigenvalue weighted by molar-refractivity contribution is -0.131. The normalized spacial score (nSPS) is 12.6. The van der Waals surface area contributed by atoms with Gasteiger partial charge in [0.05, 0.1) is 6.54 Å². The van der Waals surface area contributed by atoms with Crippen molar-refractivity contribution in [2.24, 2.45) is 0 Å². The molecule has 1 aliphatic rings. The van der Waals surface area contributed by atoms with Crippen LogP contribution in [0.25, 0.3) is 0 Å². The molecule has 3 N–H and O–H groups in total. The van der Waals surface area contributed by atoms with Crippen LogP contribution in [0.2, 0.25) is 0 Å². The summed E-state index contributed by atoms with van der Waals surface area (Å²) in [5, 5.41) is 8.68. The number of nitrogens with zero attached hydrogens (tertiary/aromatic N) is 1. The van der Waals surface area contributed by atoms with Gasteiger partial charge < -0.3 is 20.9 Å². The quantitative estimate of drug-likeness (QED) is 0.753. The van der Waals surface area contributed by atoms with Crippen molar-refractivity contribution in [2.45, 2.75) is 19.9 Å². The lowest BCUT2D eigenvalue weighted by atomic mass is 9.97. The molecule has 0 radical (unpaired) electrons. The fraction of sp³-hybridized carbons (Fsp3) is 0.300. The maximum absolute atomic E-state index is 12.3. The van der Waals surface area contributed by atoms with Crippen molar-refractivity contribution >= 4 is 35.7 Å². The summed E-state index contributed by atoms with van der Waals surface area (Å²) in [4.78, 5) is 26.2. The van der Waals surface area contributed by atoms with Crippen molar-refractivity contribution in [2.75, 3.05) is 30.8 Å². The fourth-order valence-corrected chi connectivity index (χ4v) is 3.12. The predicted octanol–water partition coefficient (Wildman–Crippen LogP) is 3.16. The van der Waals surface area contributed by atoms with Crippen LogP contribution in [-0.4, -0.2) is 37.0 Å². The fourth-order valence-electron chi connectivity index (χ4n) is 3.12. The van der Waals surface area contributed by atoms with Crippen molar-refractivity contribution in [3.8, 4) is 0 Å². The molecular formula is C20H25ClN4O2.